The van der Waals surface area contributed by atoms with E-state index < -0.39 is 10.0 Å². The van der Waals surface area contributed by atoms with Crippen LogP contribution in [0.1, 0.15) is 6.42 Å². The topological polar surface area (TPSA) is 92.8 Å². The summed E-state index contributed by atoms with van der Waals surface area (Å²) in [6.07, 6.45) is 2.47. The van der Waals surface area contributed by atoms with E-state index in [2.05, 4.69) is 19.9 Å². The lowest BCUT2D eigenvalue weighted by molar-refractivity contribution is 0.354. The standard InChI is InChI=1S/C18H26N4O4S/c1-22(2)11-5-10-19-18-9-6-14(13-20-18)21-27(23,24)15-7-8-16(25-3)17(12-15)26-4/h6-9,12-13,21H,5,10-11H2,1-4H3,(H,19,20). The zero-order chi connectivity index (χ0) is 19.9. The molecule has 27 heavy (non-hydrogen) atoms. The lowest BCUT2D eigenvalue weighted by Gasteiger charge is -2.12. The number of nitrogens with one attached hydrogen (secondary N) is 2. The number of pyridine rings is 1. The number of hydrogen-bond donors (Lipinski definition) is 2. The third-order valence-electron chi connectivity index (χ3n) is 3.77. The lowest BCUT2D eigenvalue weighted by atomic mass is 10.3. The molecular formula is C18H26N4O4S. The van der Waals surface area contributed by atoms with Gasteiger partial charge in [-0.3, -0.25) is 4.72 Å². The van der Waals surface area contributed by atoms with Gasteiger partial charge in [-0.05, 0) is 51.3 Å². The van der Waals surface area contributed by atoms with Crippen molar-refractivity contribution in [1.29, 1.82) is 0 Å². The molecule has 1 aromatic heterocycles. The Kier molecular flexibility index (Phi) is 7.26. The number of aromatic nitrogens is 1. The summed E-state index contributed by atoms with van der Waals surface area (Å²) >= 11 is 0. The van der Waals surface area contributed by atoms with Gasteiger partial charge in [-0.15, -0.1) is 0 Å². The Balaban J connectivity index is 2.03. The van der Waals surface area contributed by atoms with Crippen molar-refractivity contribution in [3.05, 3.63) is 36.5 Å². The molecule has 0 spiro atoms. The van der Waals surface area contributed by atoms with Gasteiger partial charge < -0.3 is 19.7 Å². The molecule has 1 aromatic carbocycles. The van der Waals surface area contributed by atoms with Gasteiger partial charge in [0.2, 0.25) is 0 Å². The first kappa shape index (κ1) is 20.8. The van der Waals surface area contributed by atoms with Crippen molar-refractivity contribution in [2.75, 3.05) is 51.4 Å². The van der Waals surface area contributed by atoms with Crippen molar-refractivity contribution in [2.24, 2.45) is 0 Å². The van der Waals surface area contributed by atoms with E-state index in [1.165, 1.54) is 32.5 Å². The number of sulfonamides is 1. The van der Waals surface area contributed by atoms with E-state index in [0.717, 1.165) is 19.5 Å². The van der Waals surface area contributed by atoms with Gasteiger partial charge in [0.15, 0.2) is 11.5 Å². The van der Waals surface area contributed by atoms with Crippen LogP contribution in [-0.2, 0) is 10.0 Å². The summed E-state index contributed by atoms with van der Waals surface area (Å²) in [6.45, 7) is 1.78. The van der Waals surface area contributed by atoms with Crippen molar-refractivity contribution in [1.82, 2.24) is 9.88 Å². The molecule has 0 saturated carbocycles. The van der Waals surface area contributed by atoms with Crippen LogP contribution in [-0.4, -0.2) is 59.7 Å². The van der Waals surface area contributed by atoms with Crippen LogP contribution in [0.2, 0.25) is 0 Å². The second-order valence-corrected chi connectivity index (χ2v) is 7.82. The second-order valence-electron chi connectivity index (χ2n) is 6.14. The van der Waals surface area contributed by atoms with Crippen molar-refractivity contribution < 1.29 is 17.9 Å². The van der Waals surface area contributed by atoms with Gasteiger partial charge >= 0.3 is 0 Å². The Hall–Kier alpha value is -2.52. The van der Waals surface area contributed by atoms with E-state index in [4.69, 9.17) is 9.47 Å². The van der Waals surface area contributed by atoms with Crippen LogP contribution in [0.5, 0.6) is 11.5 Å². The van der Waals surface area contributed by atoms with Crippen molar-refractivity contribution in [3.63, 3.8) is 0 Å². The maximum Gasteiger partial charge on any atom is 0.262 e. The van der Waals surface area contributed by atoms with Crippen LogP contribution < -0.4 is 19.5 Å². The molecule has 0 amide bonds. The number of hydrogen-bond acceptors (Lipinski definition) is 7. The van der Waals surface area contributed by atoms with Gasteiger partial charge in [0.05, 0.1) is 31.0 Å². The third-order valence-corrected chi connectivity index (χ3v) is 5.15. The number of nitrogens with zero attached hydrogens (tertiary/aromatic N) is 2. The molecule has 0 unspecified atom stereocenters. The van der Waals surface area contributed by atoms with Crippen LogP contribution in [0.3, 0.4) is 0 Å². The third kappa shape index (κ3) is 6.00. The summed E-state index contributed by atoms with van der Waals surface area (Å²) in [5, 5.41) is 3.20. The minimum Gasteiger partial charge on any atom is -0.493 e. The molecule has 1 heterocycles. The largest absolute Gasteiger partial charge is 0.493 e. The van der Waals surface area contributed by atoms with Crippen molar-refractivity contribution in [3.8, 4) is 11.5 Å². The number of anilines is 2. The van der Waals surface area contributed by atoms with Gasteiger partial charge in [0.1, 0.15) is 5.82 Å². The molecule has 0 fully saturated rings. The second kappa shape index (κ2) is 9.43. The van der Waals surface area contributed by atoms with Crippen LogP contribution in [0.15, 0.2) is 41.4 Å². The molecule has 0 saturated heterocycles. The van der Waals surface area contributed by atoms with E-state index in [1.54, 1.807) is 18.2 Å². The molecule has 0 radical (unpaired) electrons. The quantitative estimate of drug-likeness (QED) is 0.597. The highest BCUT2D eigenvalue weighted by atomic mass is 32.2. The molecule has 2 N–H and O–H groups in total. The average Bonchev–Trinajstić information content (AvgIpc) is 2.65. The highest BCUT2D eigenvalue weighted by Crippen LogP contribution is 2.30. The fraction of sp³-hybridized carbons (Fsp3) is 0.389. The fourth-order valence-electron chi connectivity index (χ4n) is 2.37. The molecule has 0 aliphatic carbocycles. The number of rotatable bonds is 10. The predicted molar refractivity (Wildman–Crippen MR) is 106 cm³/mol. The Labute approximate surface area is 160 Å². The molecule has 148 valence electrons. The molecule has 0 bridgehead atoms. The summed E-state index contributed by atoms with van der Waals surface area (Å²) in [7, 11) is 3.23. The summed E-state index contributed by atoms with van der Waals surface area (Å²) in [5.74, 6) is 1.50. The minimum atomic E-state index is -3.77. The normalized spacial score (nSPS) is 11.3. The van der Waals surface area contributed by atoms with E-state index in [9.17, 15) is 8.42 Å². The molecular weight excluding hydrogens is 368 g/mol. The maximum atomic E-state index is 12.6. The average molecular weight is 394 g/mol. The zero-order valence-corrected chi connectivity index (χ0v) is 16.8. The first-order valence-corrected chi connectivity index (χ1v) is 9.93. The van der Waals surface area contributed by atoms with Crippen LogP contribution >= 0.6 is 0 Å². The monoisotopic (exact) mass is 394 g/mol. The molecule has 0 aliphatic heterocycles. The highest BCUT2D eigenvalue weighted by Gasteiger charge is 2.17. The lowest BCUT2D eigenvalue weighted by Crippen LogP contribution is -2.16. The van der Waals surface area contributed by atoms with E-state index >= 15 is 0 Å². The molecule has 2 rings (SSSR count). The summed E-state index contributed by atoms with van der Waals surface area (Å²) < 4.78 is 37.9. The Morgan fingerprint density at radius 3 is 2.41 bits per heavy atom. The number of ether oxygens (including phenoxy) is 2. The maximum absolute atomic E-state index is 12.6. The van der Waals surface area contributed by atoms with Crippen LogP contribution in [0.25, 0.3) is 0 Å². The summed E-state index contributed by atoms with van der Waals surface area (Å²) in [4.78, 5) is 6.43. The first-order valence-electron chi connectivity index (χ1n) is 8.45. The van der Waals surface area contributed by atoms with E-state index in [-0.39, 0.29) is 4.90 Å². The van der Waals surface area contributed by atoms with E-state index in [1.807, 2.05) is 14.1 Å². The molecule has 0 aliphatic rings. The number of benzene rings is 1. The zero-order valence-electron chi connectivity index (χ0n) is 16.0. The Morgan fingerprint density at radius 1 is 1.07 bits per heavy atom. The molecule has 2 aromatic rings. The van der Waals surface area contributed by atoms with Gasteiger partial charge in [0.25, 0.3) is 10.0 Å². The summed E-state index contributed by atoms with van der Waals surface area (Å²) in [5.41, 5.74) is 0.378. The molecule has 0 atom stereocenters. The van der Waals surface area contributed by atoms with Crippen molar-refractivity contribution in [2.45, 2.75) is 11.3 Å². The van der Waals surface area contributed by atoms with E-state index in [0.29, 0.717) is 23.0 Å². The Morgan fingerprint density at radius 2 is 1.81 bits per heavy atom. The highest BCUT2D eigenvalue weighted by molar-refractivity contribution is 7.92. The fourth-order valence-corrected chi connectivity index (χ4v) is 3.43. The van der Waals surface area contributed by atoms with Crippen molar-refractivity contribution >= 4 is 21.5 Å². The van der Waals surface area contributed by atoms with Crippen LogP contribution in [0, 0.1) is 0 Å². The van der Waals surface area contributed by atoms with Gasteiger partial charge in [-0.25, -0.2) is 13.4 Å². The predicted octanol–water partition coefficient (Wildman–Crippen LogP) is 2.26. The SMILES string of the molecule is COc1ccc(S(=O)(=O)Nc2ccc(NCCCN(C)C)nc2)cc1OC. The Bertz CT molecular complexity index is 839. The van der Waals surface area contributed by atoms with Crippen LogP contribution in [0.4, 0.5) is 11.5 Å². The van der Waals surface area contributed by atoms with Gasteiger partial charge in [-0.1, -0.05) is 0 Å². The van der Waals surface area contributed by atoms with Gasteiger partial charge in [-0.2, -0.15) is 0 Å². The molecule has 9 heteroatoms. The number of methoxy groups -OCH3 is 2. The smallest absolute Gasteiger partial charge is 0.262 e. The summed E-state index contributed by atoms with van der Waals surface area (Å²) in [6, 6.07) is 7.82. The first-order chi connectivity index (χ1) is 12.9. The van der Waals surface area contributed by atoms with Gasteiger partial charge in [0, 0.05) is 12.6 Å². The molecule has 8 nitrogen and oxygen atoms in total. The minimum absolute atomic E-state index is 0.0750.